The Kier molecular flexibility index (Phi) is 3.54. The van der Waals surface area contributed by atoms with Crippen LogP contribution >= 0.6 is 15.9 Å². The molecular formula is C11H15BrN2. The number of likely N-dealkylation sites (tertiary alicyclic amines) is 1. The Morgan fingerprint density at radius 2 is 2.14 bits per heavy atom. The van der Waals surface area contributed by atoms with Gasteiger partial charge in [0, 0.05) is 12.7 Å². The maximum atomic E-state index is 4.12. The van der Waals surface area contributed by atoms with Crippen molar-refractivity contribution in [2.75, 3.05) is 19.6 Å². The summed E-state index contributed by atoms with van der Waals surface area (Å²) in [5.74, 6) is 0. The third kappa shape index (κ3) is 2.79. The largest absolute Gasteiger partial charge is 0.303 e. The minimum Gasteiger partial charge on any atom is -0.303 e. The van der Waals surface area contributed by atoms with Gasteiger partial charge in [-0.1, -0.05) is 0 Å². The Labute approximate surface area is 93.5 Å². The van der Waals surface area contributed by atoms with Crippen molar-refractivity contribution in [1.29, 1.82) is 0 Å². The summed E-state index contributed by atoms with van der Waals surface area (Å²) in [4.78, 5) is 6.66. The van der Waals surface area contributed by atoms with E-state index in [0.717, 1.165) is 11.0 Å². The Balaban J connectivity index is 1.85. The molecule has 0 spiro atoms. The molecule has 2 heterocycles. The van der Waals surface area contributed by atoms with Crippen LogP contribution in [-0.2, 0) is 6.42 Å². The topological polar surface area (TPSA) is 16.1 Å². The maximum Gasteiger partial charge on any atom is 0.106 e. The Morgan fingerprint density at radius 1 is 1.36 bits per heavy atom. The molecule has 2 rings (SSSR count). The van der Waals surface area contributed by atoms with Gasteiger partial charge in [-0.25, -0.2) is 4.98 Å². The van der Waals surface area contributed by atoms with Crippen molar-refractivity contribution in [2.45, 2.75) is 19.3 Å². The first-order chi connectivity index (χ1) is 6.84. The fraction of sp³-hybridized carbons (Fsp3) is 0.545. The van der Waals surface area contributed by atoms with E-state index in [1.165, 1.54) is 38.0 Å². The number of halogens is 1. The van der Waals surface area contributed by atoms with Crippen LogP contribution in [0.3, 0.4) is 0 Å². The van der Waals surface area contributed by atoms with Crippen molar-refractivity contribution >= 4 is 15.9 Å². The van der Waals surface area contributed by atoms with E-state index in [2.05, 4.69) is 37.9 Å². The zero-order valence-electron chi connectivity index (χ0n) is 8.25. The SMILES string of the molecule is Brc1cc(CCN2CCCC2)ccn1. The van der Waals surface area contributed by atoms with Gasteiger partial charge in [-0.15, -0.1) is 0 Å². The van der Waals surface area contributed by atoms with Crippen LogP contribution < -0.4 is 0 Å². The second-order valence-corrected chi connectivity index (χ2v) is 4.60. The van der Waals surface area contributed by atoms with Crippen LogP contribution in [0.1, 0.15) is 18.4 Å². The van der Waals surface area contributed by atoms with Crippen LogP contribution in [-0.4, -0.2) is 29.5 Å². The van der Waals surface area contributed by atoms with E-state index < -0.39 is 0 Å². The van der Waals surface area contributed by atoms with Gasteiger partial charge in [0.25, 0.3) is 0 Å². The normalized spacial score (nSPS) is 17.5. The molecular weight excluding hydrogens is 240 g/mol. The fourth-order valence-corrected chi connectivity index (χ4v) is 2.30. The van der Waals surface area contributed by atoms with Crippen molar-refractivity contribution in [1.82, 2.24) is 9.88 Å². The second kappa shape index (κ2) is 4.89. The summed E-state index contributed by atoms with van der Waals surface area (Å²) in [5, 5.41) is 0. The van der Waals surface area contributed by atoms with Crippen molar-refractivity contribution in [3.8, 4) is 0 Å². The third-order valence-corrected chi connectivity index (χ3v) is 3.14. The lowest BCUT2D eigenvalue weighted by molar-refractivity contribution is 0.343. The molecule has 0 aliphatic carbocycles. The molecule has 1 aliphatic heterocycles. The van der Waals surface area contributed by atoms with Crippen molar-refractivity contribution in [2.24, 2.45) is 0 Å². The van der Waals surface area contributed by atoms with Gasteiger partial charge in [-0.3, -0.25) is 0 Å². The van der Waals surface area contributed by atoms with Crippen molar-refractivity contribution in [3.05, 3.63) is 28.5 Å². The lowest BCUT2D eigenvalue weighted by Crippen LogP contribution is -2.21. The molecule has 2 nitrogen and oxygen atoms in total. The smallest absolute Gasteiger partial charge is 0.106 e. The average Bonchev–Trinajstić information content (AvgIpc) is 2.67. The van der Waals surface area contributed by atoms with E-state index in [1.807, 2.05) is 6.20 Å². The van der Waals surface area contributed by atoms with Gasteiger partial charge in [0.2, 0.25) is 0 Å². The highest BCUT2D eigenvalue weighted by atomic mass is 79.9. The molecule has 1 aromatic rings. The molecule has 3 heteroatoms. The quantitative estimate of drug-likeness (QED) is 0.771. The number of hydrogen-bond donors (Lipinski definition) is 0. The van der Waals surface area contributed by atoms with Crippen LogP contribution in [0.15, 0.2) is 22.9 Å². The van der Waals surface area contributed by atoms with Gasteiger partial charge in [0.15, 0.2) is 0 Å². The molecule has 1 aliphatic rings. The fourth-order valence-electron chi connectivity index (χ4n) is 1.89. The molecule has 1 saturated heterocycles. The first-order valence-corrected chi connectivity index (χ1v) is 5.97. The van der Waals surface area contributed by atoms with Crippen LogP contribution in [0.4, 0.5) is 0 Å². The third-order valence-electron chi connectivity index (χ3n) is 2.71. The molecule has 0 amide bonds. The summed E-state index contributed by atoms with van der Waals surface area (Å²) >= 11 is 3.39. The summed E-state index contributed by atoms with van der Waals surface area (Å²) in [5.41, 5.74) is 1.37. The van der Waals surface area contributed by atoms with Crippen molar-refractivity contribution in [3.63, 3.8) is 0 Å². The van der Waals surface area contributed by atoms with Gasteiger partial charge < -0.3 is 4.90 Å². The molecule has 0 aromatic carbocycles. The van der Waals surface area contributed by atoms with Gasteiger partial charge in [-0.05, 0) is 66.0 Å². The van der Waals surface area contributed by atoms with Crippen molar-refractivity contribution < 1.29 is 0 Å². The number of nitrogens with zero attached hydrogens (tertiary/aromatic N) is 2. The molecule has 0 N–H and O–H groups in total. The first-order valence-electron chi connectivity index (χ1n) is 5.17. The molecule has 0 saturated carbocycles. The van der Waals surface area contributed by atoms with E-state index in [4.69, 9.17) is 0 Å². The molecule has 14 heavy (non-hydrogen) atoms. The standard InChI is InChI=1S/C11H15BrN2/c12-11-9-10(3-5-13-11)4-8-14-6-1-2-7-14/h3,5,9H,1-2,4,6-8H2. The van der Waals surface area contributed by atoms with E-state index >= 15 is 0 Å². The Hall–Kier alpha value is -0.410. The van der Waals surface area contributed by atoms with Crippen LogP contribution in [0.25, 0.3) is 0 Å². The molecule has 76 valence electrons. The molecule has 1 fully saturated rings. The van der Waals surface area contributed by atoms with Crippen LogP contribution in [0, 0.1) is 0 Å². The van der Waals surface area contributed by atoms with Crippen LogP contribution in [0.5, 0.6) is 0 Å². The molecule has 1 aromatic heterocycles. The summed E-state index contributed by atoms with van der Waals surface area (Å²) in [7, 11) is 0. The molecule has 0 unspecified atom stereocenters. The lowest BCUT2D eigenvalue weighted by atomic mass is 10.2. The second-order valence-electron chi connectivity index (χ2n) is 3.79. The first kappa shape index (κ1) is 10.1. The van der Waals surface area contributed by atoms with E-state index in [9.17, 15) is 0 Å². The zero-order chi connectivity index (χ0) is 9.80. The number of pyridine rings is 1. The lowest BCUT2D eigenvalue weighted by Gasteiger charge is -2.13. The highest BCUT2D eigenvalue weighted by Gasteiger charge is 2.10. The Morgan fingerprint density at radius 3 is 2.86 bits per heavy atom. The Bertz CT molecular complexity index is 295. The monoisotopic (exact) mass is 254 g/mol. The minimum absolute atomic E-state index is 0.941. The van der Waals surface area contributed by atoms with E-state index in [1.54, 1.807) is 0 Å². The van der Waals surface area contributed by atoms with E-state index in [0.29, 0.717) is 0 Å². The van der Waals surface area contributed by atoms with E-state index in [-0.39, 0.29) is 0 Å². The van der Waals surface area contributed by atoms with Gasteiger partial charge >= 0.3 is 0 Å². The van der Waals surface area contributed by atoms with Gasteiger partial charge in [0.1, 0.15) is 4.60 Å². The average molecular weight is 255 g/mol. The summed E-state index contributed by atoms with van der Waals surface area (Å²) in [6.45, 7) is 3.76. The molecule has 0 atom stereocenters. The number of rotatable bonds is 3. The molecule has 0 bridgehead atoms. The minimum atomic E-state index is 0.941. The van der Waals surface area contributed by atoms with Gasteiger partial charge in [0.05, 0.1) is 0 Å². The summed E-state index contributed by atoms with van der Waals surface area (Å²) < 4.78 is 0.941. The van der Waals surface area contributed by atoms with Crippen LogP contribution in [0.2, 0.25) is 0 Å². The predicted octanol–water partition coefficient (Wildman–Crippen LogP) is 2.48. The zero-order valence-corrected chi connectivity index (χ0v) is 9.83. The number of aromatic nitrogens is 1. The number of hydrogen-bond acceptors (Lipinski definition) is 2. The maximum absolute atomic E-state index is 4.12. The molecule has 0 radical (unpaired) electrons. The summed E-state index contributed by atoms with van der Waals surface area (Å²) in [6.07, 6.45) is 5.75. The summed E-state index contributed by atoms with van der Waals surface area (Å²) in [6, 6.07) is 4.21. The predicted molar refractivity (Wildman–Crippen MR) is 61.3 cm³/mol. The highest BCUT2D eigenvalue weighted by Crippen LogP contribution is 2.11. The highest BCUT2D eigenvalue weighted by molar-refractivity contribution is 9.10. The van der Waals surface area contributed by atoms with Gasteiger partial charge in [-0.2, -0.15) is 0 Å².